The van der Waals surface area contributed by atoms with E-state index in [1.807, 2.05) is 0 Å². The number of nitrogens with one attached hydrogen (secondary N) is 1. The average molecular weight is 282 g/mol. The van der Waals surface area contributed by atoms with Gasteiger partial charge in [-0.1, -0.05) is 33.6 Å². The van der Waals surface area contributed by atoms with Crippen molar-refractivity contribution in [1.29, 1.82) is 0 Å². The molecule has 3 nitrogen and oxygen atoms in total. The molecule has 2 heterocycles. The summed E-state index contributed by atoms with van der Waals surface area (Å²) in [5.74, 6) is 0. The van der Waals surface area contributed by atoms with Crippen molar-refractivity contribution >= 4 is 0 Å². The number of hydrogen-bond acceptors (Lipinski definition) is 3. The Bertz CT molecular complexity index is 272. The second-order valence-corrected chi connectivity index (χ2v) is 7.25. The van der Waals surface area contributed by atoms with Crippen molar-refractivity contribution in [2.75, 3.05) is 32.8 Å². The summed E-state index contributed by atoms with van der Waals surface area (Å²) < 4.78 is 5.76. The summed E-state index contributed by atoms with van der Waals surface area (Å²) in [5, 5.41) is 3.66. The van der Waals surface area contributed by atoms with Crippen LogP contribution in [0.1, 0.15) is 59.3 Å². The van der Waals surface area contributed by atoms with E-state index in [0.717, 1.165) is 25.8 Å². The lowest BCUT2D eigenvalue weighted by Crippen LogP contribution is -2.50. The molecule has 2 aliphatic rings. The molecule has 0 aromatic carbocycles. The van der Waals surface area contributed by atoms with Crippen LogP contribution in [0.2, 0.25) is 0 Å². The van der Waals surface area contributed by atoms with Gasteiger partial charge < -0.3 is 10.1 Å². The molecule has 2 fully saturated rings. The Kier molecular flexibility index (Phi) is 6.31. The van der Waals surface area contributed by atoms with Crippen LogP contribution < -0.4 is 5.32 Å². The number of piperidine rings is 1. The molecule has 0 aromatic heterocycles. The Labute approximate surface area is 125 Å². The summed E-state index contributed by atoms with van der Waals surface area (Å²) >= 11 is 0. The van der Waals surface area contributed by atoms with Crippen molar-refractivity contribution in [3.05, 3.63) is 0 Å². The molecule has 0 bridgehead atoms. The highest BCUT2D eigenvalue weighted by Gasteiger charge is 2.38. The molecule has 1 N–H and O–H groups in total. The number of ether oxygens (including phenoxy) is 1. The van der Waals surface area contributed by atoms with Crippen LogP contribution in [0.5, 0.6) is 0 Å². The van der Waals surface area contributed by atoms with Crippen LogP contribution in [0.15, 0.2) is 0 Å². The van der Waals surface area contributed by atoms with E-state index in [0.29, 0.717) is 11.5 Å². The summed E-state index contributed by atoms with van der Waals surface area (Å²) in [6, 6.07) is 1.39. The topological polar surface area (TPSA) is 24.5 Å². The lowest BCUT2D eigenvalue weighted by molar-refractivity contribution is 0.0611. The minimum Gasteiger partial charge on any atom is -0.381 e. The molecule has 0 spiro atoms. The first-order valence-corrected chi connectivity index (χ1v) is 8.70. The fourth-order valence-electron chi connectivity index (χ4n) is 3.75. The third-order valence-corrected chi connectivity index (χ3v) is 4.98. The molecule has 0 aliphatic carbocycles. The molecule has 20 heavy (non-hydrogen) atoms. The van der Waals surface area contributed by atoms with Crippen LogP contribution in [-0.4, -0.2) is 49.8 Å². The minimum atomic E-state index is 0.355. The molecule has 0 radical (unpaired) electrons. The summed E-state index contributed by atoms with van der Waals surface area (Å²) in [6.45, 7) is 12.3. The van der Waals surface area contributed by atoms with E-state index in [1.165, 1.54) is 51.6 Å². The number of likely N-dealkylation sites (tertiary alicyclic amines) is 1. The molecule has 2 saturated heterocycles. The summed E-state index contributed by atoms with van der Waals surface area (Å²) in [7, 11) is 0. The Balaban J connectivity index is 1.95. The van der Waals surface area contributed by atoms with Crippen molar-refractivity contribution in [2.45, 2.75) is 71.4 Å². The standard InChI is InChI=1S/C17H34N2O/c1-4-7-16-8-5-6-10-19(16)13-17(9-11-20-14-17)12-18-15(2)3/h15-16,18H,4-14H2,1-3H3. The maximum atomic E-state index is 5.76. The van der Waals surface area contributed by atoms with Gasteiger partial charge in [0.15, 0.2) is 0 Å². The number of rotatable bonds is 7. The Morgan fingerprint density at radius 2 is 2.20 bits per heavy atom. The van der Waals surface area contributed by atoms with Crippen molar-refractivity contribution < 1.29 is 4.74 Å². The van der Waals surface area contributed by atoms with Crippen LogP contribution in [0.3, 0.4) is 0 Å². The summed E-state index contributed by atoms with van der Waals surface area (Å²) in [5.41, 5.74) is 0.355. The van der Waals surface area contributed by atoms with Gasteiger partial charge in [-0.3, -0.25) is 4.90 Å². The van der Waals surface area contributed by atoms with Crippen molar-refractivity contribution in [3.8, 4) is 0 Å². The maximum absolute atomic E-state index is 5.76. The molecule has 0 aromatic rings. The fraction of sp³-hybridized carbons (Fsp3) is 1.00. The molecule has 0 amide bonds. The zero-order valence-electron chi connectivity index (χ0n) is 13.8. The van der Waals surface area contributed by atoms with E-state index < -0.39 is 0 Å². The van der Waals surface area contributed by atoms with E-state index in [2.05, 4.69) is 31.0 Å². The second-order valence-electron chi connectivity index (χ2n) is 7.25. The summed E-state index contributed by atoms with van der Waals surface area (Å²) in [4.78, 5) is 2.78. The van der Waals surface area contributed by atoms with Crippen molar-refractivity contribution in [2.24, 2.45) is 5.41 Å². The van der Waals surface area contributed by atoms with E-state index >= 15 is 0 Å². The van der Waals surface area contributed by atoms with Crippen LogP contribution in [0.4, 0.5) is 0 Å². The molecular weight excluding hydrogens is 248 g/mol. The van der Waals surface area contributed by atoms with Gasteiger partial charge in [-0.25, -0.2) is 0 Å². The zero-order valence-corrected chi connectivity index (χ0v) is 13.8. The second kappa shape index (κ2) is 7.77. The first kappa shape index (κ1) is 16.3. The zero-order chi connectivity index (χ0) is 14.4. The highest BCUT2D eigenvalue weighted by molar-refractivity contribution is 4.91. The Morgan fingerprint density at radius 3 is 2.85 bits per heavy atom. The molecular formula is C17H34N2O. The van der Waals surface area contributed by atoms with Gasteiger partial charge in [0.05, 0.1) is 6.61 Å². The molecule has 3 heteroatoms. The SMILES string of the molecule is CCCC1CCCCN1CC1(CNC(C)C)CCOC1. The van der Waals surface area contributed by atoms with Crippen molar-refractivity contribution in [3.63, 3.8) is 0 Å². The number of nitrogens with zero attached hydrogens (tertiary/aromatic N) is 1. The average Bonchev–Trinajstić information content (AvgIpc) is 2.88. The lowest BCUT2D eigenvalue weighted by atomic mass is 9.84. The van der Waals surface area contributed by atoms with Crippen LogP contribution in [0, 0.1) is 5.41 Å². The Morgan fingerprint density at radius 1 is 1.35 bits per heavy atom. The quantitative estimate of drug-likeness (QED) is 0.777. The van der Waals surface area contributed by atoms with E-state index in [-0.39, 0.29) is 0 Å². The molecule has 2 unspecified atom stereocenters. The fourth-order valence-corrected chi connectivity index (χ4v) is 3.75. The minimum absolute atomic E-state index is 0.355. The number of hydrogen-bond donors (Lipinski definition) is 1. The van der Waals surface area contributed by atoms with Crippen LogP contribution in [-0.2, 0) is 4.74 Å². The maximum Gasteiger partial charge on any atom is 0.0547 e. The van der Waals surface area contributed by atoms with E-state index in [9.17, 15) is 0 Å². The summed E-state index contributed by atoms with van der Waals surface area (Å²) in [6.07, 6.45) is 8.12. The highest BCUT2D eigenvalue weighted by atomic mass is 16.5. The molecule has 2 aliphatic heterocycles. The lowest BCUT2D eigenvalue weighted by Gasteiger charge is -2.42. The van der Waals surface area contributed by atoms with Gasteiger partial charge in [0.2, 0.25) is 0 Å². The highest BCUT2D eigenvalue weighted by Crippen LogP contribution is 2.32. The van der Waals surface area contributed by atoms with E-state index in [1.54, 1.807) is 0 Å². The van der Waals surface area contributed by atoms with Gasteiger partial charge in [0.25, 0.3) is 0 Å². The molecule has 2 rings (SSSR count). The normalized spacial score (nSPS) is 32.1. The largest absolute Gasteiger partial charge is 0.381 e. The van der Waals surface area contributed by atoms with Gasteiger partial charge in [0.1, 0.15) is 0 Å². The van der Waals surface area contributed by atoms with Crippen LogP contribution >= 0.6 is 0 Å². The molecule has 0 saturated carbocycles. The predicted molar refractivity (Wildman–Crippen MR) is 85.1 cm³/mol. The Hall–Kier alpha value is -0.120. The van der Waals surface area contributed by atoms with E-state index in [4.69, 9.17) is 4.74 Å². The predicted octanol–water partition coefficient (Wildman–Crippen LogP) is 3.05. The van der Waals surface area contributed by atoms with Crippen molar-refractivity contribution in [1.82, 2.24) is 10.2 Å². The smallest absolute Gasteiger partial charge is 0.0547 e. The molecule has 118 valence electrons. The first-order valence-electron chi connectivity index (χ1n) is 8.70. The van der Waals surface area contributed by atoms with Crippen LogP contribution in [0.25, 0.3) is 0 Å². The molecule has 2 atom stereocenters. The van der Waals surface area contributed by atoms with Gasteiger partial charge in [-0.05, 0) is 32.2 Å². The third kappa shape index (κ3) is 4.44. The van der Waals surface area contributed by atoms with Gasteiger partial charge in [-0.2, -0.15) is 0 Å². The first-order chi connectivity index (χ1) is 9.65. The third-order valence-electron chi connectivity index (χ3n) is 4.98. The monoisotopic (exact) mass is 282 g/mol. The van der Waals surface area contributed by atoms with Gasteiger partial charge in [0, 0.05) is 37.2 Å². The van der Waals surface area contributed by atoms with Gasteiger partial charge in [-0.15, -0.1) is 0 Å². The van der Waals surface area contributed by atoms with Gasteiger partial charge >= 0.3 is 0 Å².